The molecule has 0 aliphatic carbocycles. The van der Waals surface area contributed by atoms with E-state index in [1.54, 1.807) is 11.8 Å². The summed E-state index contributed by atoms with van der Waals surface area (Å²) in [5.74, 6) is 0.0418. The van der Waals surface area contributed by atoms with Crippen LogP contribution in [0.25, 0.3) is 0 Å². The largest absolute Gasteiger partial charge is 0.373 e. The van der Waals surface area contributed by atoms with Gasteiger partial charge < -0.3 is 15.0 Å². The van der Waals surface area contributed by atoms with Crippen molar-refractivity contribution in [2.24, 2.45) is 5.92 Å². The molecule has 0 saturated carbocycles. The topological polar surface area (TPSA) is 58.6 Å². The van der Waals surface area contributed by atoms with Gasteiger partial charge in [-0.15, -0.1) is 0 Å². The molecule has 0 radical (unpaired) electrons. The van der Waals surface area contributed by atoms with Crippen LogP contribution in [-0.4, -0.2) is 47.6 Å². The minimum Gasteiger partial charge on any atom is -0.373 e. The first-order chi connectivity index (χ1) is 8.84. The molecular formula is C14H24N2O3. The van der Waals surface area contributed by atoms with E-state index in [-0.39, 0.29) is 29.4 Å². The molecule has 108 valence electrons. The highest BCUT2D eigenvalue weighted by atomic mass is 16.5. The summed E-state index contributed by atoms with van der Waals surface area (Å²) < 4.78 is 5.76. The number of carbonyl (C=O) groups is 2. The maximum Gasteiger partial charge on any atom is 0.245 e. The van der Waals surface area contributed by atoms with E-state index in [4.69, 9.17) is 4.74 Å². The third-order valence-electron chi connectivity index (χ3n) is 4.05. The number of carbonyl (C=O) groups excluding carboxylic acids is 2. The number of hydrogen-bond donors (Lipinski definition) is 1. The smallest absolute Gasteiger partial charge is 0.245 e. The molecule has 2 fully saturated rings. The average molecular weight is 268 g/mol. The molecule has 2 aliphatic heterocycles. The van der Waals surface area contributed by atoms with E-state index in [0.29, 0.717) is 6.54 Å². The quantitative estimate of drug-likeness (QED) is 0.828. The highest BCUT2D eigenvalue weighted by Crippen LogP contribution is 2.29. The zero-order valence-electron chi connectivity index (χ0n) is 12.2. The molecule has 3 unspecified atom stereocenters. The number of nitrogens with zero attached hydrogens (tertiary/aromatic N) is 1. The first kappa shape index (κ1) is 14.3. The second kappa shape index (κ2) is 5.12. The lowest BCUT2D eigenvalue weighted by Gasteiger charge is -2.43. The lowest BCUT2D eigenvalue weighted by molar-refractivity contribution is -0.154. The van der Waals surface area contributed by atoms with Crippen molar-refractivity contribution in [3.05, 3.63) is 0 Å². The Labute approximate surface area is 114 Å². The molecule has 0 spiro atoms. The standard InChI is InChI=1S/C14H24N2O3/c1-9(2)11-12(17)15-10(3)13(18)16(11)8-14(4)6-5-7-19-14/h9-11H,5-8H2,1-4H3,(H,15,17). The summed E-state index contributed by atoms with van der Waals surface area (Å²) in [5.41, 5.74) is -0.305. The average Bonchev–Trinajstić information content (AvgIpc) is 2.72. The second-order valence-corrected chi connectivity index (χ2v) is 6.29. The number of piperazine rings is 1. The lowest BCUT2D eigenvalue weighted by atomic mass is 9.94. The van der Waals surface area contributed by atoms with E-state index in [1.165, 1.54) is 0 Å². The van der Waals surface area contributed by atoms with Crippen molar-refractivity contribution in [3.63, 3.8) is 0 Å². The Morgan fingerprint density at radius 3 is 2.68 bits per heavy atom. The third-order valence-corrected chi connectivity index (χ3v) is 4.05. The van der Waals surface area contributed by atoms with Gasteiger partial charge in [0.1, 0.15) is 12.1 Å². The minimum atomic E-state index is -0.437. The SMILES string of the molecule is CC1NC(=O)C(C(C)C)N(CC2(C)CCCO2)C1=O. The minimum absolute atomic E-state index is 0.00461. The van der Waals surface area contributed by atoms with Crippen LogP contribution < -0.4 is 5.32 Å². The molecule has 0 aromatic heterocycles. The molecule has 2 amide bonds. The summed E-state index contributed by atoms with van der Waals surface area (Å²) in [6.45, 7) is 8.96. The van der Waals surface area contributed by atoms with Gasteiger partial charge >= 0.3 is 0 Å². The van der Waals surface area contributed by atoms with Crippen molar-refractivity contribution in [2.75, 3.05) is 13.2 Å². The van der Waals surface area contributed by atoms with Crippen LogP contribution in [0.4, 0.5) is 0 Å². The molecule has 3 atom stereocenters. The van der Waals surface area contributed by atoms with Crippen molar-refractivity contribution in [1.82, 2.24) is 10.2 Å². The van der Waals surface area contributed by atoms with Crippen LogP contribution in [0.1, 0.15) is 40.5 Å². The maximum absolute atomic E-state index is 12.4. The molecule has 2 heterocycles. The zero-order chi connectivity index (χ0) is 14.2. The van der Waals surface area contributed by atoms with Gasteiger partial charge in [0.2, 0.25) is 11.8 Å². The first-order valence-corrected chi connectivity index (χ1v) is 7.09. The highest BCUT2D eigenvalue weighted by Gasteiger charge is 2.44. The fraction of sp³-hybridized carbons (Fsp3) is 0.857. The van der Waals surface area contributed by atoms with Gasteiger partial charge in [-0.25, -0.2) is 0 Å². The Balaban J connectivity index is 2.21. The van der Waals surface area contributed by atoms with Crippen LogP contribution in [0.5, 0.6) is 0 Å². The van der Waals surface area contributed by atoms with E-state index >= 15 is 0 Å². The zero-order valence-corrected chi connectivity index (χ0v) is 12.2. The predicted octanol–water partition coefficient (Wildman–Crippen LogP) is 0.927. The van der Waals surface area contributed by atoms with Crippen LogP contribution in [-0.2, 0) is 14.3 Å². The molecule has 2 rings (SSSR count). The number of hydrogen-bond acceptors (Lipinski definition) is 3. The summed E-state index contributed by atoms with van der Waals surface area (Å²) in [7, 11) is 0. The molecule has 5 heteroatoms. The molecule has 19 heavy (non-hydrogen) atoms. The summed E-state index contributed by atoms with van der Waals surface area (Å²) in [4.78, 5) is 26.2. The summed E-state index contributed by atoms with van der Waals surface area (Å²) >= 11 is 0. The van der Waals surface area contributed by atoms with Crippen molar-refractivity contribution in [2.45, 2.75) is 58.2 Å². The molecule has 0 aromatic carbocycles. The lowest BCUT2D eigenvalue weighted by Crippen LogP contribution is -2.66. The Bertz CT molecular complexity index is 375. The van der Waals surface area contributed by atoms with E-state index in [2.05, 4.69) is 5.32 Å². The van der Waals surface area contributed by atoms with Gasteiger partial charge in [0.15, 0.2) is 0 Å². The van der Waals surface area contributed by atoms with Crippen molar-refractivity contribution in [1.29, 1.82) is 0 Å². The van der Waals surface area contributed by atoms with Crippen LogP contribution >= 0.6 is 0 Å². The third kappa shape index (κ3) is 2.76. The Kier molecular flexibility index (Phi) is 3.85. The summed E-state index contributed by atoms with van der Waals surface area (Å²) in [5, 5.41) is 2.76. The van der Waals surface area contributed by atoms with Crippen molar-refractivity contribution >= 4 is 11.8 Å². The van der Waals surface area contributed by atoms with E-state index in [9.17, 15) is 9.59 Å². The fourth-order valence-electron chi connectivity index (χ4n) is 3.05. The van der Waals surface area contributed by atoms with E-state index < -0.39 is 6.04 Å². The maximum atomic E-state index is 12.4. The van der Waals surface area contributed by atoms with Crippen molar-refractivity contribution < 1.29 is 14.3 Å². The summed E-state index contributed by atoms with van der Waals surface area (Å²) in [6, 6.07) is -0.822. The van der Waals surface area contributed by atoms with Gasteiger partial charge in [-0.2, -0.15) is 0 Å². The first-order valence-electron chi connectivity index (χ1n) is 7.09. The van der Waals surface area contributed by atoms with Crippen LogP contribution in [0, 0.1) is 5.92 Å². The predicted molar refractivity (Wildman–Crippen MR) is 71.5 cm³/mol. The van der Waals surface area contributed by atoms with Crippen LogP contribution in [0.3, 0.4) is 0 Å². The Morgan fingerprint density at radius 2 is 2.16 bits per heavy atom. The molecule has 5 nitrogen and oxygen atoms in total. The molecule has 2 saturated heterocycles. The molecular weight excluding hydrogens is 244 g/mol. The molecule has 1 N–H and O–H groups in total. The van der Waals surface area contributed by atoms with E-state index in [1.807, 2.05) is 20.8 Å². The number of amides is 2. The van der Waals surface area contributed by atoms with Crippen LogP contribution in [0.2, 0.25) is 0 Å². The van der Waals surface area contributed by atoms with Crippen molar-refractivity contribution in [3.8, 4) is 0 Å². The summed E-state index contributed by atoms with van der Waals surface area (Å²) in [6.07, 6.45) is 1.96. The van der Waals surface area contributed by atoms with Gasteiger partial charge in [-0.05, 0) is 32.6 Å². The molecule has 0 bridgehead atoms. The highest BCUT2D eigenvalue weighted by molar-refractivity contribution is 5.96. The monoisotopic (exact) mass is 268 g/mol. The van der Waals surface area contributed by atoms with Gasteiger partial charge in [0, 0.05) is 6.61 Å². The van der Waals surface area contributed by atoms with E-state index in [0.717, 1.165) is 19.4 Å². The van der Waals surface area contributed by atoms with Gasteiger partial charge in [-0.3, -0.25) is 9.59 Å². The number of rotatable bonds is 3. The number of ether oxygens (including phenoxy) is 1. The molecule has 0 aromatic rings. The second-order valence-electron chi connectivity index (χ2n) is 6.29. The molecule has 2 aliphatic rings. The number of nitrogens with one attached hydrogen (secondary N) is 1. The van der Waals surface area contributed by atoms with Crippen LogP contribution in [0.15, 0.2) is 0 Å². The fourth-order valence-corrected chi connectivity index (χ4v) is 3.05. The van der Waals surface area contributed by atoms with Gasteiger partial charge in [0.25, 0.3) is 0 Å². The van der Waals surface area contributed by atoms with Gasteiger partial charge in [0.05, 0.1) is 12.1 Å². The Hall–Kier alpha value is -1.10. The normalized spacial score (nSPS) is 35.9. The Morgan fingerprint density at radius 1 is 1.47 bits per heavy atom. The van der Waals surface area contributed by atoms with Gasteiger partial charge in [-0.1, -0.05) is 13.8 Å².